The van der Waals surface area contributed by atoms with Crippen molar-refractivity contribution in [3.8, 4) is 0 Å². The highest BCUT2D eigenvalue weighted by Crippen LogP contribution is 2.39. The molecule has 0 aromatic rings. The Hall–Kier alpha value is 0.770. The maximum absolute atomic E-state index is 14.2. The van der Waals surface area contributed by atoms with E-state index in [1.165, 1.54) is 0 Å². The van der Waals surface area contributed by atoms with Crippen LogP contribution in [0.2, 0.25) is 0 Å². The summed E-state index contributed by atoms with van der Waals surface area (Å²) in [4.78, 5) is 0. The molecule has 0 bridgehead atoms. The lowest BCUT2D eigenvalue weighted by atomic mass is 10.3. The molecular weight excluding hydrogens is 335 g/mol. The maximum atomic E-state index is 14.2. The van der Waals surface area contributed by atoms with Gasteiger partial charge in [0.1, 0.15) is 0 Å². The first-order valence-electron chi connectivity index (χ1n) is 4.85. The molecule has 1 atom stereocenters. The van der Waals surface area contributed by atoms with Crippen LogP contribution in [0.15, 0.2) is 0 Å². The molecule has 0 saturated carbocycles. The number of hydrogen-bond donors (Lipinski definition) is 0. The minimum absolute atomic E-state index is 0. The Morgan fingerprint density at radius 1 is 1.00 bits per heavy atom. The molecule has 0 aliphatic carbocycles. The van der Waals surface area contributed by atoms with Crippen molar-refractivity contribution in [3.63, 3.8) is 0 Å². The van der Waals surface area contributed by atoms with Crippen molar-refractivity contribution in [1.82, 2.24) is 0 Å². The van der Waals surface area contributed by atoms with Crippen molar-refractivity contribution in [2.75, 3.05) is 25.2 Å². The third kappa shape index (κ3) is 3.93. The molecule has 0 rings (SSSR count). The molecule has 92 valence electrons. The first kappa shape index (κ1) is 15.8. The predicted molar refractivity (Wildman–Crippen MR) is 64.2 cm³/mol. The Labute approximate surface area is 107 Å². The van der Waals surface area contributed by atoms with E-state index in [0.717, 1.165) is 0 Å². The number of ether oxygens (including phenoxy) is 3. The fraction of sp³-hybridized carbons (Fsp3) is 1.00. The lowest BCUT2D eigenvalue weighted by Gasteiger charge is -2.38. The van der Waals surface area contributed by atoms with Crippen molar-refractivity contribution < 1.29 is 18.6 Å². The van der Waals surface area contributed by atoms with Gasteiger partial charge in [0.15, 0.2) is 0 Å². The molecule has 0 radical (unpaired) electrons. The highest BCUT2D eigenvalue weighted by molar-refractivity contribution is 9.12. The third-order valence-electron chi connectivity index (χ3n) is 1.62. The first-order chi connectivity index (χ1) is 6.99. The van der Waals surface area contributed by atoms with E-state index in [0.29, 0.717) is 19.8 Å². The molecule has 0 aromatic carbocycles. The second-order valence-corrected chi connectivity index (χ2v) is 4.51. The largest absolute Gasteiger partial charge is 0.330 e. The highest BCUT2D eigenvalue weighted by atomic mass is 79.9. The maximum Gasteiger partial charge on any atom is 0.330 e. The van der Waals surface area contributed by atoms with Gasteiger partial charge in [0.2, 0.25) is 0 Å². The van der Waals surface area contributed by atoms with E-state index in [1.54, 1.807) is 20.8 Å². The molecule has 3 nitrogen and oxygen atoms in total. The van der Waals surface area contributed by atoms with Crippen molar-refractivity contribution in [3.05, 3.63) is 0 Å². The molecule has 0 aromatic heterocycles. The molecule has 0 aliphatic heterocycles. The second kappa shape index (κ2) is 7.17. The van der Waals surface area contributed by atoms with Crippen LogP contribution >= 0.6 is 31.9 Å². The standard InChI is InChI=1S/C9H17Br2FO3/c1-4-13-9(14-5-2,15-6-3)8(11,12)7-10/h4-7H2,1-3H3. The summed E-state index contributed by atoms with van der Waals surface area (Å²) in [6.45, 7) is 6.15. The van der Waals surface area contributed by atoms with E-state index in [1.807, 2.05) is 0 Å². The van der Waals surface area contributed by atoms with Gasteiger partial charge in [-0.15, -0.1) is 0 Å². The van der Waals surface area contributed by atoms with Gasteiger partial charge in [0.25, 0.3) is 4.58 Å². The Morgan fingerprint density at radius 3 is 1.53 bits per heavy atom. The lowest BCUT2D eigenvalue weighted by Crippen LogP contribution is -2.54. The van der Waals surface area contributed by atoms with Gasteiger partial charge in [-0.3, -0.25) is 0 Å². The average Bonchev–Trinajstić information content (AvgIpc) is 2.18. The lowest BCUT2D eigenvalue weighted by molar-refractivity contribution is -0.403. The minimum atomic E-state index is -1.93. The van der Waals surface area contributed by atoms with Crippen LogP contribution in [0, 0.1) is 0 Å². The van der Waals surface area contributed by atoms with Crippen molar-refractivity contribution in [2.24, 2.45) is 0 Å². The average molecular weight is 352 g/mol. The van der Waals surface area contributed by atoms with Gasteiger partial charge < -0.3 is 14.2 Å². The highest BCUT2D eigenvalue weighted by Gasteiger charge is 2.54. The van der Waals surface area contributed by atoms with Gasteiger partial charge in [-0.1, -0.05) is 15.9 Å². The van der Waals surface area contributed by atoms with E-state index in [9.17, 15) is 4.39 Å². The van der Waals surface area contributed by atoms with Crippen molar-refractivity contribution >= 4 is 31.9 Å². The van der Waals surface area contributed by atoms with E-state index >= 15 is 0 Å². The van der Waals surface area contributed by atoms with E-state index in [2.05, 4.69) is 31.9 Å². The van der Waals surface area contributed by atoms with Gasteiger partial charge in [-0.05, 0) is 36.7 Å². The summed E-state index contributed by atoms with van der Waals surface area (Å²) in [5.74, 6) is -1.70. The van der Waals surface area contributed by atoms with Gasteiger partial charge in [0, 0.05) is 19.8 Å². The Bertz CT molecular complexity index is 162. The van der Waals surface area contributed by atoms with Crippen LogP contribution in [0.3, 0.4) is 0 Å². The van der Waals surface area contributed by atoms with Gasteiger partial charge in [-0.2, -0.15) is 0 Å². The van der Waals surface area contributed by atoms with Crippen LogP contribution < -0.4 is 0 Å². The summed E-state index contributed by atoms with van der Waals surface area (Å²) in [5, 5.41) is 0. The summed E-state index contributed by atoms with van der Waals surface area (Å²) in [6.07, 6.45) is 0. The van der Waals surface area contributed by atoms with E-state index in [4.69, 9.17) is 14.2 Å². The molecule has 0 N–H and O–H groups in total. The monoisotopic (exact) mass is 350 g/mol. The molecule has 1 unspecified atom stereocenters. The molecule has 0 aliphatic rings. The van der Waals surface area contributed by atoms with Crippen molar-refractivity contribution in [2.45, 2.75) is 31.3 Å². The molecule has 0 spiro atoms. The zero-order chi connectivity index (χ0) is 11.9. The van der Waals surface area contributed by atoms with Gasteiger partial charge in [-0.25, -0.2) is 4.39 Å². The number of hydrogen-bond acceptors (Lipinski definition) is 3. The quantitative estimate of drug-likeness (QED) is 0.496. The van der Waals surface area contributed by atoms with Crippen molar-refractivity contribution in [1.29, 1.82) is 0 Å². The first-order valence-corrected chi connectivity index (χ1v) is 6.76. The molecular formula is C9H17Br2FO3. The third-order valence-corrected chi connectivity index (χ3v) is 3.91. The zero-order valence-electron chi connectivity index (χ0n) is 9.19. The van der Waals surface area contributed by atoms with E-state index < -0.39 is 10.6 Å². The molecule has 0 heterocycles. The SMILES string of the molecule is CCOC(OCC)(OCC)C(F)(Br)CBr. The normalized spacial score (nSPS) is 16.4. The predicted octanol–water partition coefficient (Wildman–Crippen LogP) is 3.21. The molecule has 0 fully saturated rings. The molecule has 0 amide bonds. The van der Waals surface area contributed by atoms with Crippen LogP contribution in [0.4, 0.5) is 4.39 Å². The molecule has 15 heavy (non-hydrogen) atoms. The fourth-order valence-electron chi connectivity index (χ4n) is 1.09. The fourth-order valence-corrected chi connectivity index (χ4v) is 1.78. The molecule has 6 heteroatoms. The zero-order valence-corrected chi connectivity index (χ0v) is 12.4. The number of halogens is 3. The molecule has 0 saturated heterocycles. The summed E-state index contributed by atoms with van der Waals surface area (Å²) < 4.78 is 28.1. The Balaban J connectivity index is 4.90. The van der Waals surface area contributed by atoms with Gasteiger partial charge >= 0.3 is 5.97 Å². The van der Waals surface area contributed by atoms with E-state index in [-0.39, 0.29) is 5.33 Å². The number of alkyl halides is 3. The Morgan fingerprint density at radius 2 is 1.33 bits per heavy atom. The van der Waals surface area contributed by atoms with Crippen LogP contribution in [0.5, 0.6) is 0 Å². The smallest absolute Gasteiger partial charge is 0.324 e. The number of rotatable bonds is 8. The summed E-state index contributed by atoms with van der Waals surface area (Å²) >= 11 is 5.97. The Kier molecular flexibility index (Phi) is 7.53. The van der Waals surface area contributed by atoms with Crippen LogP contribution in [0.25, 0.3) is 0 Å². The topological polar surface area (TPSA) is 27.7 Å². The summed E-state index contributed by atoms with van der Waals surface area (Å²) in [7, 11) is 0. The second-order valence-electron chi connectivity index (χ2n) is 2.69. The van der Waals surface area contributed by atoms with Crippen LogP contribution in [-0.4, -0.2) is 35.7 Å². The summed E-state index contributed by atoms with van der Waals surface area (Å²) in [6, 6.07) is 0. The summed E-state index contributed by atoms with van der Waals surface area (Å²) in [5.41, 5.74) is 0. The minimum Gasteiger partial charge on any atom is -0.324 e. The van der Waals surface area contributed by atoms with Crippen LogP contribution in [0.1, 0.15) is 20.8 Å². The van der Waals surface area contributed by atoms with Gasteiger partial charge in [0.05, 0.1) is 5.33 Å². The van der Waals surface area contributed by atoms with Crippen LogP contribution in [-0.2, 0) is 14.2 Å².